The monoisotopic (exact) mass is 428 g/mol. The van der Waals surface area contributed by atoms with Gasteiger partial charge in [0.1, 0.15) is 17.2 Å². The highest BCUT2D eigenvalue weighted by Gasteiger charge is 2.14. The van der Waals surface area contributed by atoms with E-state index < -0.39 is 15.9 Å². The molecule has 0 heterocycles. The van der Waals surface area contributed by atoms with Crippen LogP contribution in [0.15, 0.2) is 36.4 Å². The van der Waals surface area contributed by atoms with Gasteiger partial charge in [0.15, 0.2) is 6.61 Å². The Balaban J connectivity index is 2.01. The van der Waals surface area contributed by atoms with Crippen LogP contribution in [0, 0.1) is 0 Å². The SMILES string of the molecule is COc1cc(NC(=O)COc2ccc(N(C)S(C)(=O)=O)cc2)c(OC)cc1Cl. The summed E-state index contributed by atoms with van der Waals surface area (Å²) >= 11 is 6.04. The number of hydrogen-bond acceptors (Lipinski definition) is 6. The minimum Gasteiger partial charge on any atom is -0.495 e. The second-order valence-corrected chi connectivity index (χ2v) is 8.17. The van der Waals surface area contributed by atoms with E-state index in [1.165, 1.54) is 27.3 Å². The lowest BCUT2D eigenvalue weighted by molar-refractivity contribution is -0.118. The molecule has 0 saturated heterocycles. The van der Waals surface area contributed by atoms with Crippen LogP contribution in [-0.4, -0.2) is 48.5 Å². The van der Waals surface area contributed by atoms with E-state index in [4.69, 9.17) is 25.8 Å². The highest BCUT2D eigenvalue weighted by atomic mass is 35.5. The minimum atomic E-state index is -3.35. The molecule has 2 aromatic carbocycles. The Morgan fingerprint density at radius 1 is 1.11 bits per heavy atom. The lowest BCUT2D eigenvalue weighted by Crippen LogP contribution is -2.24. The molecule has 1 amide bonds. The van der Waals surface area contributed by atoms with Gasteiger partial charge in [-0.05, 0) is 24.3 Å². The number of anilines is 2. The van der Waals surface area contributed by atoms with Crippen LogP contribution in [0.5, 0.6) is 17.2 Å². The number of sulfonamides is 1. The zero-order valence-electron chi connectivity index (χ0n) is 15.9. The average Bonchev–Trinajstić information content (AvgIpc) is 2.66. The van der Waals surface area contributed by atoms with Crippen LogP contribution in [0.3, 0.4) is 0 Å². The van der Waals surface area contributed by atoms with Crippen molar-refractivity contribution in [3.05, 3.63) is 41.4 Å². The van der Waals surface area contributed by atoms with E-state index in [0.29, 0.717) is 33.6 Å². The van der Waals surface area contributed by atoms with Gasteiger partial charge in [0.05, 0.1) is 36.9 Å². The van der Waals surface area contributed by atoms with Gasteiger partial charge in [-0.25, -0.2) is 8.42 Å². The third-order valence-corrected chi connectivity index (χ3v) is 5.32. The fraction of sp³-hybridized carbons (Fsp3) is 0.278. The molecule has 0 aliphatic heterocycles. The molecule has 0 atom stereocenters. The molecule has 28 heavy (non-hydrogen) atoms. The third-order valence-electron chi connectivity index (χ3n) is 3.82. The Bertz CT molecular complexity index is 947. The Labute approximate surface area is 169 Å². The molecule has 0 aliphatic rings. The van der Waals surface area contributed by atoms with E-state index in [-0.39, 0.29) is 6.61 Å². The van der Waals surface area contributed by atoms with Crippen LogP contribution >= 0.6 is 11.6 Å². The summed E-state index contributed by atoms with van der Waals surface area (Å²) in [6, 6.07) is 9.41. The van der Waals surface area contributed by atoms with Gasteiger partial charge in [0, 0.05) is 19.2 Å². The number of amides is 1. The fourth-order valence-corrected chi connectivity index (χ4v) is 2.97. The summed E-state index contributed by atoms with van der Waals surface area (Å²) in [6.07, 6.45) is 1.11. The summed E-state index contributed by atoms with van der Waals surface area (Å²) in [6.45, 7) is -0.255. The molecule has 0 aliphatic carbocycles. The van der Waals surface area contributed by atoms with Gasteiger partial charge < -0.3 is 19.5 Å². The molecule has 0 aromatic heterocycles. The molecule has 0 saturated carbocycles. The summed E-state index contributed by atoms with van der Waals surface area (Å²) < 4.78 is 40.0. The van der Waals surface area contributed by atoms with Gasteiger partial charge in [-0.3, -0.25) is 9.10 Å². The smallest absolute Gasteiger partial charge is 0.262 e. The van der Waals surface area contributed by atoms with Gasteiger partial charge >= 0.3 is 0 Å². The van der Waals surface area contributed by atoms with Crippen molar-refractivity contribution in [1.29, 1.82) is 0 Å². The van der Waals surface area contributed by atoms with Gasteiger partial charge in [0.25, 0.3) is 5.91 Å². The summed E-state index contributed by atoms with van der Waals surface area (Å²) in [7, 11) is 1.03. The molecule has 8 nitrogen and oxygen atoms in total. The highest BCUT2D eigenvalue weighted by Crippen LogP contribution is 2.35. The summed E-state index contributed by atoms with van der Waals surface area (Å²) in [4.78, 5) is 12.2. The number of carbonyl (C=O) groups is 1. The Morgan fingerprint density at radius 3 is 2.25 bits per heavy atom. The molecule has 2 rings (SSSR count). The highest BCUT2D eigenvalue weighted by molar-refractivity contribution is 7.92. The van der Waals surface area contributed by atoms with Crippen molar-refractivity contribution in [2.24, 2.45) is 0 Å². The Hall–Kier alpha value is -2.65. The Morgan fingerprint density at radius 2 is 1.71 bits per heavy atom. The van der Waals surface area contributed by atoms with Crippen molar-refractivity contribution < 1.29 is 27.4 Å². The van der Waals surface area contributed by atoms with E-state index in [9.17, 15) is 13.2 Å². The van der Waals surface area contributed by atoms with Crippen LogP contribution in [0.4, 0.5) is 11.4 Å². The van der Waals surface area contributed by atoms with Crippen molar-refractivity contribution in [2.75, 3.05) is 43.8 Å². The maximum absolute atomic E-state index is 12.2. The number of halogens is 1. The normalized spacial score (nSPS) is 10.9. The zero-order valence-corrected chi connectivity index (χ0v) is 17.4. The summed E-state index contributed by atoms with van der Waals surface area (Å²) in [5, 5.41) is 3.02. The van der Waals surface area contributed by atoms with E-state index >= 15 is 0 Å². The van der Waals surface area contributed by atoms with Crippen molar-refractivity contribution in [1.82, 2.24) is 0 Å². The first-order chi connectivity index (χ1) is 13.2. The first-order valence-corrected chi connectivity index (χ1v) is 10.3. The predicted octanol–water partition coefficient (Wildman–Crippen LogP) is 2.77. The maximum atomic E-state index is 12.2. The van der Waals surface area contributed by atoms with Gasteiger partial charge in [-0.2, -0.15) is 0 Å². The number of benzene rings is 2. The quantitative estimate of drug-likeness (QED) is 0.694. The number of hydrogen-bond donors (Lipinski definition) is 1. The lowest BCUT2D eigenvalue weighted by atomic mass is 10.2. The molecule has 1 N–H and O–H groups in total. The van der Waals surface area contributed by atoms with E-state index in [2.05, 4.69) is 5.32 Å². The van der Waals surface area contributed by atoms with Gasteiger partial charge in [0.2, 0.25) is 10.0 Å². The van der Waals surface area contributed by atoms with Crippen LogP contribution in [-0.2, 0) is 14.8 Å². The van der Waals surface area contributed by atoms with E-state index in [0.717, 1.165) is 10.6 Å². The molecule has 0 bridgehead atoms. The molecular formula is C18H21ClN2O6S. The predicted molar refractivity (Wildman–Crippen MR) is 108 cm³/mol. The minimum absolute atomic E-state index is 0.255. The number of nitrogens with zero attached hydrogens (tertiary/aromatic N) is 1. The second kappa shape index (κ2) is 9.03. The van der Waals surface area contributed by atoms with Crippen LogP contribution in [0.25, 0.3) is 0 Å². The molecule has 10 heteroatoms. The number of rotatable bonds is 8. The van der Waals surface area contributed by atoms with Crippen molar-refractivity contribution in [2.45, 2.75) is 0 Å². The average molecular weight is 429 g/mol. The summed E-state index contributed by atoms with van der Waals surface area (Å²) in [5.41, 5.74) is 0.875. The Kier molecular flexibility index (Phi) is 6.98. The number of nitrogens with one attached hydrogen (secondary N) is 1. The van der Waals surface area contributed by atoms with Crippen LogP contribution in [0.1, 0.15) is 0 Å². The molecule has 0 fully saturated rings. The molecular weight excluding hydrogens is 408 g/mol. The van der Waals surface area contributed by atoms with E-state index in [1.54, 1.807) is 30.3 Å². The maximum Gasteiger partial charge on any atom is 0.262 e. The van der Waals surface area contributed by atoms with Gasteiger partial charge in [-0.15, -0.1) is 0 Å². The first-order valence-electron chi connectivity index (χ1n) is 8.04. The molecule has 0 spiro atoms. The number of ether oxygens (including phenoxy) is 3. The molecule has 0 unspecified atom stereocenters. The third kappa shape index (κ3) is 5.43. The lowest BCUT2D eigenvalue weighted by Gasteiger charge is -2.17. The van der Waals surface area contributed by atoms with E-state index in [1.807, 2.05) is 0 Å². The topological polar surface area (TPSA) is 94.2 Å². The number of methoxy groups -OCH3 is 2. The van der Waals surface area contributed by atoms with Crippen LogP contribution in [0.2, 0.25) is 5.02 Å². The zero-order chi connectivity index (χ0) is 20.9. The largest absolute Gasteiger partial charge is 0.495 e. The van der Waals surface area contributed by atoms with Crippen LogP contribution < -0.4 is 23.8 Å². The van der Waals surface area contributed by atoms with Gasteiger partial charge in [-0.1, -0.05) is 11.6 Å². The first kappa shape index (κ1) is 21.6. The molecule has 2 aromatic rings. The standard InChI is InChI=1S/C18H21ClN2O6S/c1-21(28(4,23)24)12-5-7-13(8-6-12)27-11-18(22)20-15-10-16(25-2)14(19)9-17(15)26-3/h5-10H,11H2,1-4H3,(H,20,22). The number of carbonyl (C=O) groups excluding carboxylic acids is 1. The second-order valence-electron chi connectivity index (χ2n) is 5.75. The van der Waals surface area contributed by atoms with Crippen molar-refractivity contribution >= 4 is 38.9 Å². The molecule has 0 radical (unpaired) electrons. The molecule has 152 valence electrons. The fourth-order valence-electron chi connectivity index (χ4n) is 2.24. The summed E-state index contributed by atoms with van der Waals surface area (Å²) in [5.74, 6) is 0.776. The van der Waals surface area contributed by atoms with Crippen molar-refractivity contribution in [3.8, 4) is 17.2 Å². The van der Waals surface area contributed by atoms with Crippen molar-refractivity contribution in [3.63, 3.8) is 0 Å².